The van der Waals surface area contributed by atoms with Gasteiger partial charge in [0.05, 0.1) is 35.3 Å². The van der Waals surface area contributed by atoms with E-state index in [1.807, 2.05) is 49.4 Å². The molecular weight excluding hydrogens is 428 g/mol. The highest BCUT2D eigenvalue weighted by atomic mass is 32.1. The molecule has 32 heavy (non-hydrogen) atoms. The normalized spacial score (nSPS) is 15.8. The summed E-state index contributed by atoms with van der Waals surface area (Å²) in [4.78, 5) is 39.9. The third kappa shape index (κ3) is 4.47. The summed E-state index contributed by atoms with van der Waals surface area (Å²) >= 11 is 1.57. The lowest BCUT2D eigenvalue weighted by molar-refractivity contribution is -0.139. The van der Waals surface area contributed by atoms with E-state index in [2.05, 4.69) is 15.7 Å². The number of thiophene rings is 1. The molecule has 3 heterocycles. The zero-order chi connectivity index (χ0) is 22.7. The highest BCUT2D eigenvalue weighted by molar-refractivity contribution is 7.15. The molecule has 2 N–H and O–H groups in total. The number of hydrogen-bond acceptors (Lipinski definition) is 6. The van der Waals surface area contributed by atoms with E-state index in [0.717, 1.165) is 15.3 Å². The van der Waals surface area contributed by atoms with Crippen LogP contribution in [0.15, 0.2) is 70.7 Å². The minimum atomic E-state index is -0.710. The molecule has 1 unspecified atom stereocenters. The third-order valence-corrected chi connectivity index (χ3v) is 5.97. The second-order valence-corrected chi connectivity index (χ2v) is 8.47. The Morgan fingerprint density at radius 3 is 2.59 bits per heavy atom. The molecule has 0 bridgehead atoms. The SMILES string of the molecule is CCOC(=O)C1=C(Cn2nc(-c3ccc(C)s3)ccc2=O)NC(=O)NC1c1ccccc1. The molecule has 2 amide bonds. The maximum absolute atomic E-state index is 12.9. The number of nitrogens with one attached hydrogen (secondary N) is 2. The summed E-state index contributed by atoms with van der Waals surface area (Å²) in [5.74, 6) is -0.568. The van der Waals surface area contributed by atoms with Crippen molar-refractivity contribution in [3.05, 3.63) is 86.7 Å². The van der Waals surface area contributed by atoms with Crippen LogP contribution in [0.4, 0.5) is 4.79 Å². The predicted octanol–water partition coefficient (Wildman–Crippen LogP) is 3.15. The van der Waals surface area contributed by atoms with Gasteiger partial charge < -0.3 is 15.4 Å². The summed E-state index contributed by atoms with van der Waals surface area (Å²) in [7, 11) is 0. The number of amides is 2. The standard InChI is InChI=1S/C23H22N4O4S/c1-3-31-22(29)20-17(24-23(30)25-21(20)15-7-5-4-6-8-15)13-27-19(28)12-10-16(26-27)18-11-9-14(2)32-18/h4-12,21H,3,13H2,1-2H3,(H2,24,25,30). The number of ether oxygens (including phenoxy) is 1. The van der Waals surface area contributed by atoms with Gasteiger partial charge in [0.2, 0.25) is 0 Å². The van der Waals surface area contributed by atoms with Crippen LogP contribution in [-0.4, -0.2) is 28.4 Å². The van der Waals surface area contributed by atoms with Crippen molar-refractivity contribution in [2.24, 2.45) is 0 Å². The highest BCUT2D eigenvalue weighted by Crippen LogP contribution is 2.29. The number of hydrogen-bond donors (Lipinski definition) is 2. The summed E-state index contributed by atoms with van der Waals surface area (Å²) in [6.45, 7) is 3.80. The molecule has 8 nitrogen and oxygen atoms in total. The van der Waals surface area contributed by atoms with E-state index in [9.17, 15) is 14.4 Å². The van der Waals surface area contributed by atoms with E-state index < -0.39 is 18.0 Å². The summed E-state index contributed by atoms with van der Waals surface area (Å²) in [6, 6.07) is 15.0. The van der Waals surface area contributed by atoms with Gasteiger partial charge in [-0.3, -0.25) is 4.79 Å². The third-order valence-electron chi connectivity index (χ3n) is 4.95. The number of aryl methyl sites for hydroxylation is 1. The molecule has 1 aromatic carbocycles. The molecule has 4 rings (SSSR count). The molecule has 0 aliphatic carbocycles. The van der Waals surface area contributed by atoms with Crippen LogP contribution < -0.4 is 16.2 Å². The van der Waals surface area contributed by atoms with Crippen LogP contribution >= 0.6 is 11.3 Å². The molecule has 3 aromatic rings. The van der Waals surface area contributed by atoms with Gasteiger partial charge in [-0.25, -0.2) is 14.3 Å². The average molecular weight is 451 g/mol. The van der Waals surface area contributed by atoms with Gasteiger partial charge in [-0.1, -0.05) is 30.3 Å². The summed E-state index contributed by atoms with van der Waals surface area (Å²) in [6.07, 6.45) is 0. The van der Waals surface area contributed by atoms with E-state index in [0.29, 0.717) is 5.69 Å². The van der Waals surface area contributed by atoms with Gasteiger partial charge in [0, 0.05) is 10.9 Å². The van der Waals surface area contributed by atoms with Gasteiger partial charge in [0.25, 0.3) is 5.56 Å². The number of nitrogens with zero attached hydrogens (tertiary/aromatic N) is 2. The van der Waals surface area contributed by atoms with Gasteiger partial charge in [0.1, 0.15) is 5.69 Å². The molecule has 164 valence electrons. The number of aromatic nitrogens is 2. The summed E-state index contributed by atoms with van der Waals surface area (Å²) < 4.78 is 6.51. The van der Waals surface area contributed by atoms with Crippen molar-refractivity contribution in [2.45, 2.75) is 26.4 Å². The van der Waals surface area contributed by atoms with Crippen LogP contribution in [0.3, 0.4) is 0 Å². The van der Waals surface area contributed by atoms with Crippen molar-refractivity contribution in [3.8, 4) is 10.6 Å². The first-order valence-corrected chi connectivity index (χ1v) is 11.0. The lowest BCUT2D eigenvalue weighted by atomic mass is 9.95. The first-order valence-electron chi connectivity index (χ1n) is 10.1. The molecule has 9 heteroatoms. The molecule has 1 atom stereocenters. The van der Waals surface area contributed by atoms with Gasteiger partial charge in [-0.2, -0.15) is 5.10 Å². The molecule has 1 aliphatic rings. The van der Waals surface area contributed by atoms with Crippen LogP contribution in [0.5, 0.6) is 0 Å². The zero-order valence-electron chi connectivity index (χ0n) is 17.6. The number of carbonyl (C=O) groups is 2. The lowest BCUT2D eigenvalue weighted by Crippen LogP contribution is -2.47. The van der Waals surface area contributed by atoms with Crippen LogP contribution in [-0.2, 0) is 16.1 Å². The van der Waals surface area contributed by atoms with Gasteiger partial charge in [0.15, 0.2) is 0 Å². The Kier molecular flexibility index (Phi) is 6.18. The maximum atomic E-state index is 12.9. The first kappa shape index (κ1) is 21.5. The van der Waals surface area contributed by atoms with E-state index in [-0.39, 0.29) is 30.0 Å². The number of esters is 1. The summed E-state index contributed by atoms with van der Waals surface area (Å²) in [5.41, 5.74) is 1.53. The minimum absolute atomic E-state index is 0.0814. The highest BCUT2D eigenvalue weighted by Gasteiger charge is 2.34. The second kappa shape index (κ2) is 9.19. The van der Waals surface area contributed by atoms with Crippen LogP contribution in [0, 0.1) is 6.92 Å². The Morgan fingerprint density at radius 2 is 1.91 bits per heavy atom. The Hall–Kier alpha value is -3.72. The Morgan fingerprint density at radius 1 is 1.12 bits per heavy atom. The minimum Gasteiger partial charge on any atom is -0.463 e. The van der Waals surface area contributed by atoms with Crippen LogP contribution in [0.25, 0.3) is 10.6 Å². The van der Waals surface area contributed by atoms with E-state index in [1.54, 1.807) is 24.3 Å². The molecule has 0 fully saturated rings. The van der Waals surface area contributed by atoms with Gasteiger partial charge in [-0.05, 0) is 37.6 Å². The lowest BCUT2D eigenvalue weighted by Gasteiger charge is -2.29. The number of rotatable bonds is 6. The van der Waals surface area contributed by atoms with Crippen molar-refractivity contribution < 1.29 is 14.3 Å². The number of urea groups is 1. The molecule has 1 aliphatic heterocycles. The summed E-state index contributed by atoms with van der Waals surface area (Å²) in [5, 5.41) is 9.92. The second-order valence-electron chi connectivity index (χ2n) is 7.18. The molecule has 2 aromatic heterocycles. The quantitative estimate of drug-likeness (QED) is 0.562. The monoisotopic (exact) mass is 450 g/mol. The smallest absolute Gasteiger partial charge is 0.338 e. The molecule has 0 saturated heterocycles. The van der Waals surface area contributed by atoms with Crippen molar-refractivity contribution >= 4 is 23.3 Å². The van der Waals surface area contributed by atoms with Crippen molar-refractivity contribution in [2.75, 3.05) is 6.61 Å². The number of carbonyl (C=O) groups excluding carboxylic acids is 2. The topological polar surface area (TPSA) is 102 Å². The maximum Gasteiger partial charge on any atom is 0.338 e. The Bertz CT molecular complexity index is 1250. The fourth-order valence-corrected chi connectivity index (χ4v) is 4.34. The molecule has 0 radical (unpaired) electrons. The van der Waals surface area contributed by atoms with E-state index >= 15 is 0 Å². The average Bonchev–Trinajstić information content (AvgIpc) is 3.22. The molecule has 0 saturated carbocycles. The van der Waals surface area contributed by atoms with Crippen molar-refractivity contribution in [3.63, 3.8) is 0 Å². The fraction of sp³-hybridized carbons (Fsp3) is 0.217. The predicted molar refractivity (Wildman–Crippen MR) is 121 cm³/mol. The number of allylic oxidation sites excluding steroid dienone is 1. The molecule has 0 spiro atoms. The van der Waals surface area contributed by atoms with E-state index in [1.165, 1.54) is 10.7 Å². The van der Waals surface area contributed by atoms with E-state index in [4.69, 9.17) is 4.74 Å². The van der Waals surface area contributed by atoms with Crippen molar-refractivity contribution in [1.82, 2.24) is 20.4 Å². The fourth-order valence-electron chi connectivity index (χ4n) is 3.50. The number of benzene rings is 1. The van der Waals surface area contributed by atoms with Crippen LogP contribution in [0.2, 0.25) is 0 Å². The largest absolute Gasteiger partial charge is 0.463 e. The first-order chi connectivity index (χ1) is 15.5. The Balaban J connectivity index is 1.79. The van der Waals surface area contributed by atoms with Crippen molar-refractivity contribution in [1.29, 1.82) is 0 Å². The van der Waals surface area contributed by atoms with Gasteiger partial charge in [-0.15, -0.1) is 11.3 Å². The van der Waals surface area contributed by atoms with Crippen LogP contribution in [0.1, 0.15) is 23.4 Å². The van der Waals surface area contributed by atoms with Gasteiger partial charge >= 0.3 is 12.0 Å². The zero-order valence-corrected chi connectivity index (χ0v) is 18.4. The Labute approximate surface area is 188 Å². The molecular formula is C23H22N4O4S.